The van der Waals surface area contributed by atoms with Crippen LogP contribution in [0.4, 0.5) is 0 Å². The van der Waals surface area contributed by atoms with Crippen LogP contribution in [0.2, 0.25) is 0 Å². The highest BCUT2D eigenvalue weighted by Gasteiger charge is 2.28. The van der Waals surface area contributed by atoms with Gasteiger partial charge >= 0.3 is 0 Å². The van der Waals surface area contributed by atoms with Crippen molar-refractivity contribution >= 4 is 18.3 Å². The first-order valence-electron chi connectivity index (χ1n) is 5.95. The number of rotatable bonds is 5. The highest BCUT2D eigenvalue weighted by atomic mass is 35.5. The minimum absolute atomic E-state index is 0. The number of nitrogens with one attached hydrogen (secondary N) is 1. The molecule has 1 aromatic rings. The lowest BCUT2D eigenvalue weighted by Gasteiger charge is -2.25. The Morgan fingerprint density at radius 2 is 2.28 bits per heavy atom. The Hall–Kier alpha value is -1.07. The largest absolute Gasteiger partial charge is 0.348 e. The molecule has 0 saturated heterocycles. The number of hydrogen-bond acceptors (Lipinski definition) is 3. The van der Waals surface area contributed by atoms with Crippen LogP contribution in [-0.2, 0) is 11.8 Å². The minimum Gasteiger partial charge on any atom is -0.348 e. The van der Waals surface area contributed by atoms with Crippen LogP contribution in [0.5, 0.6) is 0 Å². The Kier molecular flexibility index (Phi) is 6.35. The lowest BCUT2D eigenvalue weighted by atomic mass is 9.96. The fourth-order valence-electron chi connectivity index (χ4n) is 1.74. The van der Waals surface area contributed by atoms with E-state index in [2.05, 4.69) is 10.4 Å². The van der Waals surface area contributed by atoms with E-state index in [0.717, 1.165) is 12.0 Å². The topological polar surface area (TPSA) is 72.9 Å². The Balaban J connectivity index is 0.00000289. The molecular weight excluding hydrogens is 252 g/mol. The summed E-state index contributed by atoms with van der Waals surface area (Å²) in [6.45, 7) is 5.71. The Morgan fingerprint density at radius 3 is 2.72 bits per heavy atom. The van der Waals surface area contributed by atoms with Gasteiger partial charge in [0.1, 0.15) is 0 Å². The number of nitrogens with two attached hydrogens (primary N) is 1. The summed E-state index contributed by atoms with van der Waals surface area (Å²) in [4.78, 5) is 12.0. The fraction of sp³-hybridized carbons (Fsp3) is 0.667. The molecule has 1 heterocycles. The van der Waals surface area contributed by atoms with Gasteiger partial charge in [-0.1, -0.05) is 13.3 Å². The van der Waals surface area contributed by atoms with Gasteiger partial charge in [-0.05, 0) is 20.3 Å². The number of aryl methyl sites for hydroxylation is 1. The smallest absolute Gasteiger partial charge is 0.240 e. The van der Waals surface area contributed by atoms with E-state index in [0.29, 0.717) is 6.42 Å². The first-order valence-corrected chi connectivity index (χ1v) is 5.95. The molecule has 0 bridgehead atoms. The molecule has 1 aromatic heterocycles. The number of aromatic nitrogens is 2. The number of halogens is 1. The first kappa shape index (κ1) is 16.9. The molecule has 0 spiro atoms. The van der Waals surface area contributed by atoms with Gasteiger partial charge in [-0.15, -0.1) is 12.4 Å². The van der Waals surface area contributed by atoms with E-state index in [9.17, 15) is 4.79 Å². The van der Waals surface area contributed by atoms with Gasteiger partial charge in [-0.2, -0.15) is 5.10 Å². The molecule has 0 aliphatic carbocycles. The second kappa shape index (κ2) is 6.75. The molecule has 0 fully saturated rings. The molecule has 1 rings (SSSR count). The quantitative estimate of drug-likeness (QED) is 0.855. The van der Waals surface area contributed by atoms with Crippen molar-refractivity contribution < 1.29 is 4.79 Å². The molecule has 0 aliphatic rings. The average molecular weight is 275 g/mol. The van der Waals surface area contributed by atoms with E-state index in [1.165, 1.54) is 0 Å². The average Bonchev–Trinajstić information content (AvgIpc) is 2.64. The molecule has 3 N–H and O–H groups in total. The minimum atomic E-state index is -0.800. The molecule has 5 nitrogen and oxygen atoms in total. The van der Waals surface area contributed by atoms with Crippen LogP contribution in [-0.4, -0.2) is 21.2 Å². The van der Waals surface area contributed by atoms with Crippen molar-refractivity contribution in [2.75, 3.05) is 0 Å². The maximum Gasteiger partial charge on any atom is 0.240 e. The van der Waals surface area contributed by atoms with Crippen molar-refractivity contribution in [1.29, 1.82) is 0 Å². The molecule has 2 unspecified atom stereocenters. The van der Waals surface area contributed by atoms with E-state index >= 15 is 0 Å². The van der Waals surface area contributed by atoms with Crippen molar-refractivity contribution in [3.05, 3.63) is 18.0 Å². The van der Waals surface area contributed by atoms with E-state index in [1.54, 1.807) is 17.8 Å². The third-order valence-electron chi connectivity index (χ3n) is 2.86. The molecule has 104 valence electrons. The zero-order chi connectivity index (χ0) is 13.1. The summed E-state index contributed by atoms with van der Waals surface area (Å²) in [7, 11) is 1.85. The standard InChI is InChI=1S/C12H22N4O.ClH/c1-5-6-12(3,13)11(17)15-9(2)10-7-14-16(4)8-10;/h7-9H,5-6,13H2,1-4H3,(H,15,17);1H. The summed E-state index contributed by atoms with van der Waals surface area (Å²) in [5, 5.41) is 6.99. The van der Waals surface area contributed by atoms with Crippen LogP contribution < -0.4 is 11.1 Å². The molecule has 0 aliphatic heterocycles. The van der Waals surface area contributed by atoms with Crippen LogP contribution in [0.3, 0.4) is 0 Å². The molecule has 0 aromatic carbocycles. The lowest BCUT2D eigenvalue weighted by molar-refractivity contribution is -0.126. The van der Waals surface area contributed by atoms with Gasteiger partial charge in [0.2, 0.25) is 5.91 Å². The third-order valence-corrected chi connectivity index (χ3v) is 2.86. The van der Waals surface area contributed by atoms with E-state index in [1.807, 2.05) is 27.1 Å². The van der Waals surface area contributed by atoms with Crippen molar-refractivity contribution in [2.45, 2.75) is 45.2 Å². The maximum atomic E-state index is 12.0. The predicted octanol–water partition coefficient (Wildman–Crippen LogP) is 1.54. The molecule has 6 heteroatoms. The molecule has 2 atom stereocenters. The summed E-state index contributed by atoms with van der Waals surface area (Å²) in [6, 6.07) is -0.0732. The SMILES string of the molecule is CCCC(C)(N)C(=O)NC(C)c1cnn(C)c1.Cl. The normalized spacial score (nSPS) is 15.4. The second-order valence-corrected chi connectivity index (χ2v) is 4.81. The van der Waals surface area contributed by atoms with E-state index in [-0.39, 0.29) is 24.4 Å². The monoisotopic (exact) mass is 274 g/mol. The number of hydrogen-bond donors (Lipinski definition) is 2. The van der Waals surface area contributed by atoms with Gasteiger partial charge in [0.05, 0.1) is 17.8 Å². The highest BCUT2D eigenvalue weighted by Crippen LogP contribution is 2.14. The first-order chi connectivity index (χ1) is 7.86. The summed E-state index contributed by atoms with van der Waals surface area (Å²) in [5.41, 5.74) is 6.15. The van der Waals surface area contributed by atoms with Gasteiger partial charge in [-0.25, -0.2) is 0 Å². The van der Waals surface area contributed by atoms with Crippen LogP contribution in [0.1, 0.15) is 45.2 Å². The number of nitrogens with zero attached hydrogens (tertiary/aromatic N) is 2. The Labute approximate surface area is 115 Å². The van der Waals surface area contributed by atoms with Crippen LogP contribution in [0, 0.1) is 0 Å². The highest BCUT2D eigenvalue weighted by molar-refractivity contribution is 5.86. The zero-order valence-electron chi connectivity index (χ0n) is 11.4. The molecule has 0 radical (unpaired) electrons. The number of amides is 1. The van der Waals surface area contributed by atoms with Crippen LogP contribution >= 0.6 is 12.4 Å². The number of carbonyl (C=O) groups excluding carboxylic acids is 1. The zero-order valence-corrected chi connectivity index (χ0v) is 12.3. The van der Waals surface area contributed by atoms with Crippen molar-refractivity contribution in [3.8, 4) is 0 Å². The molecule has 18 heavy (non-hydrogen) atoms. The van der Waals surface area contributed by atoms with Gasteiger partial charge in [-0.3, -0.25) is 9.48 Å². The summed E-state index contributed by atoms with van der Waals surface area (Å²) in [6.07, 6.45) is 5.21. The Morgan fingerprint density at radius 1 is 1.67 bits per heavy atom. The number of carbonyl (C=O) groups is 1. The van der Waals surface area contributed by atoms with Gasteiger partial charge in [0, 0.05) is 18.8 Å². The van der Waals surface area contributed by atoms with Crippen LogP contribution in [0.15, 0.2) is 12.4 Å². The fourth-order valence-corrected chi connectivity index (χ4v) is 1.74. The molecular formula is C12H23ClN4O. The summed E-state index contributed by atoms with van der Waals surface area (Å²) >= 11 is 0. The Bertz CT molecular complexity index is 389. The third kappa shape index (κ3) is 4.31. The van der Waals surface area contributed by atoms with Crippen molar-refractivity contribution in [3.63, 3.8) is 0 Å². The van der Waals surface area contributed by atoms with Gasteiger partial charge in [0.15, 0.2) is 0 Å². The summed E-state index contributed by atoms with van der Waals surface area (Å²) < 4.78 is 1.71. The maximum absolute atomic E-state index is 12.0. The molecule has 0 saturated carbocycles. The summed E-state index contributed by atoms with van der Waals surface area (Å²) in [5.74, 6) is -0.115. The predicted molar refractivity (Wildman–Crippen MR) is 74.5 cm³/mol. The molecule has 1 amide bonds. The van der Waals surface area contributed by atoms with Gasteiger partial charge < -0.3 is 11.1 Å². The van der Waals surface area contributed by atoms with Gasteiger partial charge in [0.25, 0.3) is 0 Å². The van der Waals surface area contributed by atoms with E-state index in [4.69, 9.17) is 5.73 Å². The lowest BCUT2D eigenvalue weighted by Crippen LogP contribution is -2.51. The second-order valence-electron chi connectivity index (χ2n) is 4.81. The van der Waals surface area contributed by atoms with Crippen molar-refractivity contribution in [2.24, 2.45) is 12.8 Å². The van der Waals surface area contributed by atoms with Crippen molar-refractivity contribution in [1.82, 2.24) is 15.1 Å². The van der Waals surface area contributed by atoms with Crippen LogP contribution in [0.25, 0.3) is 0 Å². The van der Waals surface area contributed by atoms with E-state index < -0.39 is 5.54 Å².